The number of carbonyl (C=O) groups is 3. The van der Waals surface area contributed by atoms with Gasteiger partial charge in [0.05, 0.1) is 16.2 Å². The lowest BCUT2D eigenvalue weighted by Gasteiger charge is -2.38. The van der Waals surface area contributed by atoms with Crippen molar-refractivity contribution in [2.24, 2.45) is 11.8 Å². The number of para-hydroxylation sites is 3. The molecule has 0 atom stereocenters. The number of aromatic amines is 3. The molecular weight excluding hydrogens is 1300 g/mol. The highest BCUT2D eigenvalue weighted by atomic mass is 16.5. The average Bonchev–Trinajstić information content (AvgIpc) is 1.62. The molecule has 15 rings (SSSR count). The minimum Gasteiger partial charge on any atom is -0.457 e. The van der Waals surface area contributed by atoms with Crippen LogP contribution in [-0.4, -0.2) is 104 Å². The molecule has 6 aromatic carbocycles. The Labute approximate surface area is 591 Å². The molecular formula is C79H77N15O9. The number of anilines is 3. The van der Waals surface area contributed by atoms with Crippen LogP contribution in [0.15, 0.2) is 235 Å². The van der Waals surface area contributed by atoms with Crippen LogP contribution in [0.2, 0.25) is 0 Å². The Hall–Kier alpha value is -13.0. The van der Waals surface area contributed by atoms with Gasteiger partial charge in [0.2, 0.25) is 17.7 Å². The highest BCUT2D eigenvalue weighted by Crippen LogP contribution is 2.41. The van der Waals surface area contributed by atoms with Crippen LogP contribution in [0.5, 0.6) is 34.5 Å². The normalized spacial score (nSPS) is 15.2. The quantitative estimate of drug-likeness (QED) is 0.0393. The van der Waals surface area contributed by atoms with Crippen molar-refractivity contribution < 1.29 is 28.6 Å². The molecule has 6 aromatic heterocycles. The molecule has 0 spiro atoms. The lowest BCUT2D eigenvalue weighted by atomic mass is 9.91. The number of amides is 3. The van der Waals surface area contributed by atoms with Crippen LogP contribution < -0.4 is 53.4 Å². The number of H-pyrrole nitrogens is 3. The van der Waals surface area contributed by atoms with Crippen LogP contribution in [0.3, 0.4) is 0 Å². The Morgan fingerprint density at radius 2 is 0.806 bits per heavy atom. The predicted octanol–water partition coefficient (Wildman–Crippen LogP) is 12.2. The highest BCUT2D eigenvalue weighted by Gasteiger charge is 2.32. The molecule has 1 aliphatic carbocycles. The summed E-state index contributed by atoms with van der Waals surface area (Å²) in [4.78, 5) is 77.2. The van der Waals surface area contributed by atoms with Gasteiger partial charge in [0.25, 0.3) is 16.7 Å². The van der Waals surface area contributed by atoms with Crippen molar-refractivity contribution in [3.8, 4) is 67.9 Å². The van der Waals surface area contributed by atoms with Gasteiger partial charge in [-0.2, -0.15) is 15.3 Å². The first kappa shape index (κ1) is 68.5. The number of hydrogen-bond acceptors (Lipinski definition) is 15. The summed E-state index contributed by atoms with van der Waals surface area (Å²) in [6, 6.07) is 52.0. The lowest BCUT2D eigenvalue weighted by Crippen LogP contribution is -2.50. The van der Waals surface area contributed by atoms with Gasteiger partial charge in [0, 0.05) is 92.6 Å². The van der Waals surface area contributed by atoms with E-state index >= 15 is 0 Å². The number of carbonyl (C=O) groups excluding carboxylic acids is 3. The number of nitrogens with zero attached hydrogens (tertiary/aromatic N) is 8. The molecule has 24 heteroatoms. The van der Waals surface area contributed by atoms with Crippen molar-refractivity contribution in [1.29, 1.82) is 0 Å². The number of fused-ring (bicyclic) bond motifs is 3. The number of aromatic nitrogens is 9. The van der Waals surface area contributed by atoms with E-state index in [0.717, 1.165) is 89.2 Å². The van der Waals surface area contributed by atoms with Gasteiger partial charge in [-0.25, -0.2) is 15.3 Å². The Bertz CT molecular complexity index is 5260. The number of benzene rings is 6. The van der Waals surface area contributed by atoms with E-state index in [4.69, 9.17) is 31.4 Å². The smallest absolute Gasteiger partial charge is 0.288 e. The molecule has 3 fully saturated rings. The van der Waals surface area contributed by atoms with Crippen LogP contribution >= 0.6 is 0 Å². The summed E-state index contributed by atoms with van der Waals surface area (Å²) in [5, 5.41) is 24.4. The van der Waals surface area contributed by atoms with E-state index in [1.54, 1.807) is 4.90 Å². The third-order valence-electron chi connectivity index (χ3n) is 18.9. The van der Waals surface area contributed by atoms with Crippen molar-refractivity contribution in [2.45, 2.75) is 63.7 Å². The molecule has 2 saturated heterocycles. The summed E-state index contributed by atoms with van der Waals surface area (Å²) in [5.74, 6) is 5.56. The minimum absolute atomic E-state index is 0.0351. The molecule has 1 saturated carbocycles. The maximum absolute atomic E-state index is 12.9. The van der Waals surface area contributed by atoms with E-state index in [-0.39, 0.29) is 69.9 Å². The SMILES string of the molecule is C=CC(=O)N1CC(Cn2cc(-c3ccc(Oc4ccccc4)cc3)c3c(N)n[nH]c(=O)c32)C1.C=CC(=O)N1CCC(Cn2cc(-c3ccc(Oc4ccccc4)cc3)c3c(N)n[nH]c(=O)c32)CC1.C=CC(=O)NC1CCC(n2cc(-c3ccc(Oc4ccccc4)cc3)c3c(N)n[nH]c(=O)c32)CC1. The zero-order chi connectivity index (χ0) is 71.7. The summed E-state index contributed by atoms with van der Waals surface area (Å²) < 4.78 is 23.6. The summed E-state index contributed by atoms with van der Waals surface area (Å²) in [6.45, 7) is 14.5. The first-order valence-electron chi connectivity index (χ1n) is 34.0. The van der Waals surface area contributed by atoms with Crippen LogP contribution in [0.25, 0.3) is 66.1 Å². The van der Waals surface area contributed by atoms with Crippen molar-refractivity contribution in [2.75, 3.05) is 43.4 Å². The standard InChI is InChI=1S/2C27H27N5O3.C25H23N5O3/c1-2-23(33)29-18-10-12-19(13-11-18)32-16-22(24-25(32)27(34)31-30-26(24)28)17-8-14-21(15-9-17)35-20-6-4-3-5-7-20;1-2-23(33)31-14-12-18(13-15-31)16-32-17-22(24-25(32)27(34)30-29-26(24)28)19-8-10-21(11-9-19)35-20-6-4-3-5-7-20;1-2-21(31)29-12-16(13-29)14-30-15-20(22-23(30)25(32)28-27-24(22)26)17-8-10-19(11-9-17)33-18-6-4-3-5-7-18/h2-9,14-16,18-19H,1,10-13H2,(H2,28,30)(H,29,33)(H,31,34);2-11,17-18H,1,12-16H2,(H2,28,29)(H,30,34);2-11,15-16H,1,12-14H2,(H2,26,27)(H,28,32). The van der Waals surface area contributed by atoms with E-state index in [0.29, 0.717) is 95.1 Å². The fraction of sp³-hybridized carbons (Fsp3) is 0.203. The van der Waals surface area contributed by atoms with Crippen molar-refractivity contribution in [1.82, 2.24) is 59.4 Å². The predicted molar refractivity (Wildman–Crippen MR) is 400 cm³/mol. The molecule has 103 heavy (non-hydrogen) atoms. The zero-order valence-corrected chi connectivity index (χ0v) is 56.5. The summed E-state index contributed by atoms with van der Waals surface area (Å²) in [7, 11) is 0. The number of ether oxygens (including phenoxy) is 3. The Kier molecular flexibility index (Phi) is 20.4. The van der Waals surface area contributed by atoms with Gasteiger partial charge in [0.15, 0.2) is 17.5 Å². The topological polar surface area (TPSA) is 328 Å². The van der Waals surface area contributed by atoms with Crippen molar-refractivity contribution >= 4 is 67.9 Å². The second-order valence-corrected chi connectivity index (χ2v) is 25.6. The molecule has 2 aliphatic heterocycles. The van der Waals surface area contributed by atoms with Gasteiger partial charge < -0.3 is 60.2 Å². The van der Waals surface area contributed by atoms with Crippen LogP contribution in [0.1, 0.15) is 44.6 Å². The molecule has 522 valence electrons. The molecule has 8 heterocycles. The van der Waals surface area contributed by atoms with Crippen molar-refractivity contribution in [3.05, 3.63) is 251 Å². The van der Waals surface area contributed by atoms with Gasteiger partial charge in [-0.1, -0.05) is 111 Å². The molecule has 0 bridgehead atoms. The molecule has 10 N–H and O–H groups in total. The first-order valence-corrected chi connectivity index (χ1v) is 34.0. The number of nitrogens with two attached hydrogens (primary N) is 3. The largest absolute Gasteiger partial charge is 0.457 e. The van der Waals surface area contributed by atoms with E-state index in [1.165, 1.54) is 18.2 Å². The third kappa shape index (κ3) is 15.3. The van der Waals surface area contributed by atoms with E-state index in [2.05, 4.69) is 55.6 Å². The van der Waals surface area contributed by atoms with Crippen LogP contribution in [0.4, 0.5) is 17.5 Å². The monoisotopic (exact) mass is 1380 g/mol. The fourth-order valence-corrected chi connectivity index (χ4v) is 13.8. The Morgan fingerprint density at radius 1 is 0.447 bits per heavy atom. The lowest BCUT2D eigenvalue weighted by molar-refractivity contribution is -0.132. The van der Waals surface area contributed by atoms with Gasteiger partial charge in [-0.3, -0.25) is 28.8 Å². The average molecular weight is 1380 g/mol. The maximum atomic E-state index is 12.9. The number of nitrogens with one attached hydrogen (secondary N) is 4. The number of piperidine rings is 1. The number of nitrogen functional groups attached to an aromatic ring is 3. The van der Waals surface area contributed by atoms with Gasteiger partial charge in [-0.05, 0) is 152 Å². The number of rotatable bonds is 18. The number of hydrogen-bond donors (Lipinski definition) is 7. The zero-order valence-electron chi connectivity index (χ0n) is 56.5. The molecule has 3 aliphatic rings. The molecule has 0 radical (unpaired) electrons. The van der Waals surface area contributed by atoms with Crippen molar-refractivity contribution in [3.63, 3.8) is 0 Å². The van der Waals surface area contributed by atoms with Crippen LogP contribution in [-0.2, 0) is 27.5 Å². The van der Waals surface area contributed by atoms with Gasteiger partial charge in [-0.15, -0.1) is 0 Å². The van der Waals surface area contributed by atoms with E-state index < -0.39 is 0 Å². The molecule has 24 nitrogen and oxygen atoms in total. The summed E-state index contributed by atoms with van der Waals surface area (Å²) >= 11 is 0. The highest BCUT2D eigenvalue weighted by molar-refractivity contribution is 6.04. The molecule has 0 unspecified atom stereocenters. The summed E-state index contributed by atoms with van der Waals surface area (Å²) in [5.41, 5.74) is 24.6. The fourth-order valence-electron chi connectivity index (χ4n) is 13.8. The summed E-state index contributed by atoms with van der Waals surface area (Å²) in [6.07, 6.45) is 14.9. The first-order chi connectivity index (χ1) is 50.1. The third-order valence-corrected chi connectivity index (χ3v) is 18.9. The van der Waals surface area contributed by atoms with Gasteiger partial charge >= 0.3 is 0 Å². The maximum Gasteiger partial charge on any atom is 0.288 e. The van der Waals surface area contributed by atoms with Gasteiger partial charge in [0.1, 0.15) is 51.0 Å². The second kappa shape index (κ2) is 30.6. The Balaban J connectivity index is 0.000000138. The second-order valence-electron chi connectivity index (χ2n) is 25.6. The number of likely N-dealkylation sites (tertiary alicyclic amines) is 2. The van der Waals surface area contributed by atoms with Crippen LogP contribution in [0, 0.1) is 11.8 Å². The Morgan fingerprint density at radius 3 is 1.20 bits per heavy atom. The van der Waals surface area contributed by atoms with E-state index in [1.807, 2.05) is 201 Å². The molecule has 12 aromatic rings. The molecule has 3 amide bonds. The van der Waals surface area contributed by atoms with E-state index in [9.17, 15) is 28.8 Å². The minimum atomic E-state index is -0.298.